The highest BCUT2D eigenvalue weighted by molar-refractivity contribution is 5.95. The van der Waals surface area contributed by atoms with Gasteiger partial charge in [0.05, 0.1) is 16.9 Å². The Kier molecular flexibility index (Phi) is 3.54. The van der Waals surface area contributed by atoms with E-state index in [0.717, 1.165) is 0 Å². The zero-order chi connectivity index (χ0) is 15.7. The Morgan fingerprint density at radius 2 is 2.00 bits per heavy atom. The van der Waals surface area contributed by atoms with Crippen LogP contribution in [-0.2, 0) is 0 Å². The lowest BCUT2D eigenvalue weighted by molar-refractivity contribution is -0.383. The van der Waals surface area contributed by atoms with Gasteiger partial charge in [-0.25, -0.2) is 4.79 Å². The SMILES string of the molecule is O=C(O)N1CCC(Oc2ccc([N+](=O)[O-])c3ccccc23)C1. The Bertz CT molecular complexity index is 746. The van der Waals surface area contributed by atoms with Crippen molar-refractivity contribution in [2.45, 2.75) is 12.5 Å². The smallest absolute Gasteiger partial charge is 0.407 e. The van der Waals surface area contributed by atoms with Crippen molar-refractivity contribution in [1.29, 1.82) is 0 Å². The van der Waals surface area contributed by atoms with Crippen LogP contribution in [0.1, 0.15) is 6.42 Å². The molecule has 1 fully saturated rings. The molecule has 1 atom stereocenters. The molecule has 1 unspecified atom stereocenters. The van der Waals surface area contributed by atoms with Gasteiger partial charge in [-0.15, -0.1) is 0 Å². The molecule has 1 aliphatic heterocycles. The fourth-order valence-corrected chi connectivity index (χ4v) is 2.70. The van der Waals surface area contributed by atoms with Gasteiger partial charge in [0.2, 0.25) is 0 Å². The second kappa shape index (κ2) is 5.51. The number of benzene rings is 2. The molecule has 2 aromatic carbocycles. The Hall–Kier alpha value is -2.83. The molecule has 1 saturated heterocycles. The van der Waals surface area contributed by atoms with Gasteiger partial charge in [-0.3, -0.25) is 10.1 Å². The van der Waals surface area contributed by atoms with E-state index in [1.54, 1.807) is 30.3 Å². The van der Waals surface area contributed by atoms with E-state index in [1.807, 2.05) is 0 Å². The monoisotopic (exact) mass is 302 g/mol. The first-order chi connectivity index (χ1) is 10.6. The number of carbonyl (C=O) groups is 1. The number of nitro groups is 1. The van der Waals surface area contributed by atoms with Gasteiger partial charge >= 0.3 is 6.09 Å². The van der Waals surface area contributed by atoms with E-state index in [1.165, 1.54) is 11.0 Å². The molecule has 0 saturated carbocycles. The molecule has 7 nitrogen and oxygen atoms in total. The predicted molar refractivity (Wildman–Crippen MR) is 79.2 cm³/mol. The first-order valence-electron chi connectivity index (χ1n) is 6.87. The van der Waals surface area contributed by atoms with Crippen molar-refractivity contribution >= 4 is 22.6 Å². The summed E-state index contributed by atoms with van der Waals surface area (Å²) in [5.41, 5.74) is 0.0292. The fraction of sp³-hybridized carbons (Fsp3) is 0.267. The minimum atomic E-state index is -0.959. The van der Waals surface area contributed by atoms with Crippen LogP contribution in [-0.4, -0.2) is 40.2 Å². The maximum atomic E-state index is 11.1. The van der Waals surface area contributed by atoms with Gasteiger partial charge in [0.15, 0.2) is 0 Å². The van der Waals surface area contributed by atoms with Crippen LogP contribution in [0, 0.1) is 10.1 Å². The van der Waals surface area contributed by atoms with Gasteiger partial charge in [0, 0.05) is 24.4 Å². The normalized spacial score (nSPS) is 17.6. The van der Waals surface area contributed by atoms with Crippen LogP contribution in [0.4, 0.5) is 10.5 Å². The van der Waals surface area contributed by atoms with Crippen molar-refractivity contribution in [1.82, 2.24) is 4.90 Å². The Labute approximate surface area is 125 Å². The molecule has 0 bridgehead atoms. The van der Waals surface area contributed by atoms with Gasteiger partial charge in [0.25, 0.3) is 5.69 Å². The zero-order valence-corrected chi connectivity index (χ0v) is 11.6. The minimum Gasteiger partial charge on any atom is -0.488 e. The Balaban J connectivity index is 1.91. The summed E-state index contributed by atoms with van der Waals surface area (Å²) in [5, 5.41) is 21.2. The number of hydrogen-bond donors (Lipinski definition) is 1. The standard InChI is InChI=1S/C15H14N2O5/c18-15(19)16-8-7-10(9-16)22-14-6-5-13(17(20)21)11-3-1-2-4-12(11)14/h1-6,10H,7-9H2,(H,18,19). The summed E-state index contributed by atoms with van der Waals surface area (Å²) in [6.45, 7) is 0.742. The summed E-state index contributed by atoms with van der Waals surface area (Å²) in [6, 6.07) is 9.96. The number of non-ortho nitro benzene ring substituents is 1. The molecular weight excluding hydrogens is 288 g/mol. The average Bonchev–Trinajstić information content (AvgIpc) is 2.96. The van der Waals surface area contributed by atoms with Gasteiger partial charge in [-0.2, -0.15) is 0 Å². The van der Waals surface area contributed by atoms with Crippen LogP contribution in [0.25, 0.3) is 10.8 Å². The number of carboxylic acid groups (broad SMARTS) is 1. The molecule has 0 radical (unpaired) electrons. The van der Waals surface area contributed by atoms with Crippen molar-refractivity contribution in [3.63, 3.8) is 0 Å². The number of fused-ring (bicyclic) bond motifs is 1. The molecule has 1 amide bonds. The van der Waals surface area contributed by atoms with E-state index in [9.17, 15) is 14.9 Å². The van der Waals surface area contributed by atoms with Crippen molar-refractivity contribution in [2.75, 3.05) is 13.1 Å². The highest BCUT2D eigenvalue weighted by Crippen LogP contribution is 2.34. The summed E-state index contributed by atoms with van der Waals surface area (Å²) in [4.78, 5) is 22.9. The molecular formula is C15H14N2O5. The third kappa shape index (κ3) is 2.52. The quantitative estimate of drug-likeness (QED) is 0.695. The predicted octanol–water partition coefficient (Wildman–Crippen LogP) is 2.88. The van der Waals surface area contributed by atoms with Crippen LogP contribution in [0.5, 0.6) is 5.75 Å². The van der Waals surface area contributed by atoms with Crippen LogP contribution in [0.15, 0.2) is 36.4 Å². The molecule has 0 aliphatic carbocycles. The zero-order valence-electron chi connectivity index (χ0n) is 11.6. The molecule has 1 heterocycles. The summed E-state index contributed by atoms with van der Waals surface area (Å²) in [7, 11) is 0. The highest BCUT2D eigenvalue weighted by Gasteiger charge is 2.28. The van der Waals surface area contributed by atoms with Crippen molar-refractivity contribution < 1.29 is 19.6 Å². The van der Waals surface area contributed by atoms with Crippen molar-refractivity contribution in [3.8, 4) is 5.75 Å². The largest absolute Gasteiger partial charge is 0.488 e. The first kappa shape index (κ1) is 14.1. The van der Waals surface area contributed by atoms with E-state index in [2.05, 4.69) is 0 Å². The number of nitro benzene ring substituents is 1. The molecule has 3 rings (SSSR count). The second-order valence-electron chi connectivity index (χ2n) is 5.14. The topological polar surface area (TPSA) is 92.9 Å². The number of rotatable bonds is 3. The molecule has 22 heavy (non-hydrogen) atoms. The maximum Gasteiger partial charge on any atom is 0.407 e. The molecule has 1 N–H and O–H groups in total. The van der Waals surface area contributed by atoms with E-state index < -0.39 is 11.0 Å². The molecule has 7 heteroatoms. The molecule has 2 aromatic rings. The fourth-order valence-electron chi connectivity index (χ4n) is 2.70. The first-order valence-corrected chi connectivity index (χ1v) is 6.87. The van der Waals surface area contributed by atoms with E-state index in [0.29, 0.717) is 36.0 Å². The molecule has 114 valence electrons. The summed E-state index contributed by atoms with van der Waals surface area (Å²) in [6.07, 6.45) is -0.585. The lowest BCUT2D eigenvalue weighted by atomic mass is 10.1. The average molecular weight is 302 g/mol. The number of ether oxygens (including phenoxy) is 1. The second-order valence-corrected chi connectivity index (χ2v) is 5.14. The van der Waals surface area contributed by atoms with Crippen LogP contribution >= 0.6 is 0 Å². The maximum absolute atomic E-state index is 11.1. The lowest BCUT2D eigenvalue weighted by Gasteiger charge is -2.16. The van der Waals surface area contributed by atoms with Crippen molar-refractivity contribution in [2.24, 2.45) is 0 Å². The highest BCUT2D eigenvalue weighted by atomic mass is 16.6. The van der Waals surface area contributed by atoms with Crippen molar-refractivity contribution in [3.05, 3.63) is 46.5 Å². The third-order valence-electron chi connectivity index (χ3n) is 3.77. The lowest BCUT2D eigenvalue weighted by Crippen LogP contribution is -2.29. The van der Waals surface area contributed by atoms with E-state index >= 15 is 0 Å². The Morgan fingerprint density at radius 1 is 1.27 bits per heavy atom. The van der Waals surface area contributed by atoms with Crippen LogP contribution in [0.3, 0.4) is 0 Å². The number of amides is 1. The van der Waals surface area contributed by atoms with E-state index in [-0.39, 0.29) is 11.8 Å². The molecule has 0 aromatic heterocycles. The number of hydrogen-bond acceptors (Lipinski definition) is 4. The summed E-state index contributed by atoms with van der Waals surface area (Å²) < 4.78 is 5.88. The Morgan fingerprint density at radius 3 is 2.64 bits per heavy atom. The third-order valence-corrected chi connectivity index (χ3v) is 3.77. The number of nitrogens with zero attached hydrogens (tertiary/aromatic N) is 2. The summed E-state index contributed by atoms with van der Waals surface area (Å²) in [5.74, 6) is 0.540. The summed E-state index contributed by atoms with van der Waals surface area (Å²) >= 11 is 0. The van der Waals surface area contributed by atoms with E-state index in [4.69, 9.17) is 9.84 Å². The van der Waals surface area contributed by atoms with Crippen LogP contribution < -0.4 is 4.74 Å². The van der Waals surface area contributed by atoms with Crippen LogP contribution in [0.2, 0.25) is 0 Å². The van der Waals surface area contributed by atoms with Gasteiger partial charge in [0.1, 0.15) is 11.9 Å². The van der Waals surface area contributed by atoms with Gasteiger partial charge in [-0.1, -0.05) is 18.2 Å². The van der Waals surface area contributed by atoms with Gasteiger partial charge < -0.3 is 14.7 Å². The number of likely N-dealkylation sites (tertiary alicyclic amines) is 1. The van der Waals surface area contributed by atoms with Gasteiger partial charge in [-0.05, 0) is 12.1 Å². The molecule has 0 spiro atoms. The molecule has 1 aliphatic rings. The minimum absolute atomic E-state index is 0.0292.